The quantitative estimate of drug-likeness (QED) is 0.739. The molecule has 2 heteroatoms. The summed E-state index contributed by atoms with van der Waals surface area (Å²) in [4.78, 5) is 2.37. The van der Waals surface area contributed by atoms with Gasteiger partial charge in [-0.3, -0.25) is 0 Å². The van der Waals surface area contributed by atoms with Crippen molar-refractivity contribution < 1.29 is 0 Å². The Morgan fingerprint density at radius 2 is 2.31 bits per heavy atom. The topological polar surface area (TPSA) is 29.3 Å². The average molecular weight is 175 g/mol. The maximum atomic E-state index is 5.59. The molecule has 0 unspecified atom stereocenters. The molecule has 2 rings (SSSR count). The van der Waals surface area contributed by atoms with Crippen molar-refractivity contribution in [1.29, 1.82) is 0 Å². The van der Waals surface area contributed by atoms with Crippen LogP contribution >= 0.6 is 0 Å². The third-order valence-corrected chi connectivity index (χ3v) is 2.46. The molecule has 1 saturated heterocycles. The van der Waals surface area contributed by atoms with Gasteiger partial charge in [0.1, 0.15) is 0 Å². The second-order valence-corrected chi connectivity index (χ2v) is 3.40. The van der Waals surface area contributed by atoms with Gasteiger partial charge in [-0.15, -0.1) is 0 Å². The van der Waals surface area contributed by atoms with Crippen molar-refractivity contribution in [2.75, 3.05) is 18.0 Å². The fraction of sp³-hybridized carbons (Fsp3) is 0.364. The molecule has 1 aliphatic heterocycles. The van der Waals surface area contributed by atoms with Crippen LogP contribution in [0.25, 0.3) is 0 Å². The average Bonchev–Trinajstić information content (AvgIpc) is 2.71. The van der Waals surface area contributed by atoms with Crippen molar-refractivity contribution in [3.05, 3.63) is 36.2 Å². The molecule has 13 heavy (non-hydrogen) atoms. The maximum absolute atomic E-state index is 5.59. The van der Waals surface area contributed by atoms with E-state index in [0.717, 1.165) is 13.1 Å². The summed E-state index contributed by atoms with van der Waals surface area (Å²) in [5, 5.41) is 0. The molecule has 1 heterocycles. The van der Waals surface area contributed by atoms with Gasteiger partial charge in [0.25, 0.3) is 0 Å². The van der Waals surface area contributed by atoms with Crippen LogP contribution < -0.4 is 10.6 Å². The standard InChI is InChI=1S/C11H15N2/c12-9-10-4-3-5-11(8-10)13-6-1-2-7-13/h1,3-5,8H,2,6-7,9,12H2. The largest absolute Gasteiger partial charge is 0.371 e. The summed E-state index contributed by atoms with van der Waals surface area (Å²) in [7, 11) is 0. The highest BCUT2D eigenvalue weighted by molar-refractivity contribution is 5.50. The second-order valence-electron chi connectivity index (χ2n) is 3.40. The summed E-state index contributed by atoms with van der Waals surface area (Å²) < 4.78 is 0. The fourth-order valence-corrected chi connectivity index (χ4v) is 1.70. The maximum Gasteiger partial charge on any atom is 0.0369 e. The number of hydrogen-bond donors (Lipinski definition) is 1. The molecule has 0 bridgehead atoms. The van der Waals surface area contributed by atoms with Crippen molar-refractivity contribution in [2.24, 2.45) is 5.73 Å². The molecule has 2 N–H and O–H groups in total. The lowest BCUT2D eigenvalue weighted by molar-refractivity contribution is 0.961. The second kappa shape index (κ2) is 3.79. The summed E-state index contributed by atoms with van der Waals surface area (Å²) in [5.74, 6) is 0. The first-order valence-corrected chi connectivity index (χ1v) is 4.76. The van der Waals surface area contributed by atoms with E-state index in [2.05, 4.69) is 35.6 Å². The van der Waals surface area contributed by atoms with Crippen LogP contribution in [0, 0.1) is 6.42 Å². The lowest BCUT2D eigenvalue weighted by atomic mass is 10.2. The van der Waals surface area contributed by atoms with Gasteiger partial charge >= 0.3 is 0 Å². The highest BCUT2D eigenvalue weighted by atomic mass is 15.1. The molecular weight excluding hydrogens is 160 g/mol. The highest BCUT2D eigenvalue weighted by Gasteiger charge is 2.11. The molecule has 2 nitrogen and oxygen atoms in total. The summed E-state index contributed by atoms with van der Waals surface area (Å²) >= 11 is 0. The van der Waals surface area contributed by atoms with E-state index in [1.54, 1.807) is 0 Å². The zero-order valence-electron chi connectivity index (χ0n) is 7.74. The first kappa shape index (κ1) is 8.57. The SMILES string of the molecule is NCc1cccc(N2C[CH]CC2)c1. The Hall–Kier alpha value is -1.02. The number of rotatable bonds is 2. The van der Waals surface area contributed by atoms with Crippen LogP contribution in [0.15, 0.2) is 24.3 Å². The van der Waals surface area contributed by atoms with Crippen LogP contribution in [-0.4, -0.2) is 13.1 Å². The number of hydrogen-bond acceptors (Lipinski definition) is 2. The lowest BCUT2D eigenvalue weighted by Gasteiger charge is -2.17. The molecule has 0 aromatic heterocycles. The molecule has 1 fully saturated rings. The molecule has 0 saturated carbocycles. The zero-order chi connectivity index (χ0) is 9.10. The number of nitrogens with two attached hydrogens (primary N) is 1. The fourth-order valence-electron chi connectivity index (χ4n) is 1.70. The number of anilines is 1. The predicted octanol–water partition coefficient (Wildman–Crippen LogP) is 1.56. The van der Waals surface area contributed by atoms with Crippen LogP contribution in [0.3, 0.4) is 0 Å². The highest BCUT2D eigenvalue weighted by Crippen LogP contribution is 2.20. The van der Waals surface area contributed by atoms with Crippen LogP contribution in [0.5, 0.6) is 0 Å². The molecule has 0 aliphatic carbocycles. The zero-order valence-corrected chi connectivity index (χ0v) is 7.74. The van der Waals surface area contributed by atoms with Crippen molar-refractivity contribution >= 4 is 5.69 Å². The third-order valence-electron chi connectivity index (χ3n) is 2.46. The van der Waals surface area contributed by atoms with E-state index < -0.39 is 0 Å². The predicted molar refractivity (Wildman–Crippen MR) is 55.5 cm³/mol. The van der Waals surface area contributed by atoms with Gasteiger partial charge in [-0.1, -0.05) is 12.1 Å². The van der Waals surface area contributed by atoms with Crippen molar-refractivity contribution in [1.82, 2.24) is 0 Å². The Morgan fingerprint density at radius 3 is 3.00 bits per heavy atom. The third kappa shape index (κ3) is 1.83. The summed E-state index contributed by atoms with van der Waals surface area (Å²) in [6.45, 7) is 2.85. The molecule has 1 radical (unpaired) electrons. The van der Waals surface area contributed by atoms with Gasteiger partial charge in [0.05, 0.1) is 0 Å². The van der Waals surface area contributed by atoms with E-state index in [0.29, 0.717) is 6.54 Å². The Bertz CT molecular complexity index is 277. The lowest BCUT2D eigenvalue weighted by Crippen LogP contribution is -2.17. The molecule has 0 amide bonds. The minimum absolute atomic E-state index is 0.630. The van der Waals surface area contributed by atoms with Crippen LogP contribution in [0.2, 0.25) is 0 Å². The van der Waals surface area contributed by atoms with E-state index in [-0.39, 0.29) is 0 Å². The minimum Gasteiger partial charge on any atom is -0.371 e. The van der Waals surface area contributed by atoms with Gasteiger partial charge in [-0.2, -0.15) is 0 Å². The molecular formula is C11H15N2. The van der Waals surface area contributed by atoms with Gasteiger partial charge in [-0.05, 0) is 30.5 Å². The van der Waals surface area contributed by atoms with E-state index in [4.69, 9.17) is 5.73 Å². The Morgan fingerprint density at radius 1 is 1.38 bits per heavy atom. The molecule has 1 aromatic carbocycles. The van der Waals surface area contributed by atoms with E-state index in [9.17, 15) is 0 Å². The minimum atomic E-state index is 0.630. The van der Waals surface area contributed by atoms with E-state index in [1.807, 2.05) is 0 Å². The van der Waals surface area contributed by atoms with Gasteiger partial charge in [-0.25, -0.2) is 0 Å². The smallest absolute Gasteiger partial charge is 0.0369 e. The van der Waals surface area contributed by atoms with E-state index in [1.165, 1.54) is 17.7 Å². The monoisotopic (exact) mass is 175 g/mol. The van der Waals surface area contributed by atoms with Crippen molar-refractivity contribution in [3.63, 3.8) is 0 Å². The van der Waals surface area contributed by atoms with E-state index >= 15 is 0 Å². The Labute approximate surface area is 79.4 Å². The molecule has 0 spiro atoms. The Kier molecular flexibility index (Phi) is 2.50. The van der Waals surface area contributed by atoms with Gasteiger partial charge in [0, 0.05) is 25.3 Å². The molecule has 1 aliphatic rings. The van der Waals surface area contributed by atoms with Crippen LogP contribution in [-0.2, 0) is 6.54 Å². The molecule has 0 atom stereocenters. The molecule has 69 valence electrons. The first-order valence-electron chi connectivity index (χ1n) is 4.76. The van der Waals surface area contributed by atoms with Gasteiger partial charge < -0.3 is 10.6 Å². The summed E-state index contributed by atoms with van der Waals surface area (Å²) in [5.41, 5.74) is 8.11. The number of benzene rings is 1. The van der Waals surface area contributed by atoms with Crippen molar-refractivity contribution in [3.8, 4) is 0 Å². The first-order chi connectivity index (χ1) is 6.40. The van der Waals surface area contributed by atoms with Gasteiger partial charge in [0.15, 0.2) is 0 Å². The Balaban J connectivity index is 2.18. The van der Waals surface area contributed by atoms with Gasteiger partial charge in [0.2, 0.25) is 0 Å². The van der Waals surface area contributed by atoms with Crippen LogP contribution in [0.1, 0.15) is 12.0 Å². The summed E-state index contributed by atoms with van der Waals surface area (Å²) in [6.07, 6.45) is 3.52. The molecule has 1 aromatic rings. The van der Waals surface area contributed by atoms with Crippen molar-refractivity contribution in [2.45, 2.75) is 13.0 Å². The van der Waals surface area contributed by atoms with Crippen LogP contribution in [0.4, 0.5) is 5.69 Å². The summed E-state index contributed by atoms with van der Waals surface area (Å²) in [6, 6.07) is 8.48. The number of nitrogens with zero attached hydrogens (tertiary/aromatic N) is 1. The normalized spacial score (nSPS) is 16.5.